The number of sulfonamides is 1. The van der Waals surface area contributed by atoms with Crippen molar-refractivity contribution in [3.63, 3.8) is 0 Å². The zero-order valence-corrected chi connectivity index (χ0v) is 18.9. The Kier molecular flexibility index (Phi) is 7.57. The van der Waals surface area contributed by atoms with Crippen LogP contribution in [0, 0.1) is 5.92 Å². The number of rotatable bonds is 8. The number of hydrogen-bond acceptors (Lipinski definition) is 9. The number of anilines is 1. The molecule has 168 valence electrons. The van der Waals surface area contributed by atoms with E-state index in [4.69, 9.17) is 9.47 Å². The summed E-state index contributed by atoms with van der Waals surface area (Å²) in [5, 5.41) is 6.62. The molecule has 1 aliphatic rings. The van der Waals surface area contributed by atoms with Crippen LogP contribution in [0.15, 0.2) is 29.2 Å². The second-order valence-electron chi connectivity index (χ2n) is 6.74. The highest BCUT2D eigenvalue weighted by Gasteiger charge is 2.33. The molecule has 1 amide bonds. The maximum atomic E-state index is 12.9. The molecule has 10 nitrogen and oxygen atoms in total. The van der Waals surface area contributed by atoms with Crippen molar-refractivity contribution in [2.75, 3.05) is 31.6 Å². The first-order valence-corrected chi connectivity index (χ1v) is 12.1. The Hall–Kier alpha value is -2.57. The molecule has 0 radical (unpaired) electrons. The maximum Gasteiger partial charge on any atom is 0.362 e. The maximum absolute atomic E-state index is 12.9. The molecule has 1 N–H and O–H groups in total. The van der Waals surface area contributed by atoms with Crippen LogP contribution < -0.4 is 10.1 Å². The number of ether oxygens (including phenoxy) is 2. The van der Waals surface area contributed by atoms with Gasteiger partial charge in [0, 0.05) is 30.5 Å². The minimum absolute atomic E-state index is 0.0317. The Balaban J connectivity index is 1.59. The molecule has 1 aromatic carbocycles. The average molecular weight is 469 g/mol. The molecule has 2 heterocycles. The van der Waals surface area contributed by atoms with Gasteiger partial charge < -0.3 is 14.8 Å². The van der Waals surface area contributed by atoms with Crippen molar-refractivity contribution >= 4 is 38.4 Å². The van der Waals surface area contributed by atoms with Gasteiger partial charge in [-0.25, -0.2) is 13.2 Å². The third-order valence-electron chi connectivity index (χ3n) is 4.79. The fourth-order valence-corrected chi connectivity index (χ4v) is 5.23. The smallest absolute Gasteiger partial charge is 0.362 e. The second-order valence-corrected chi connectivity index (χ2v) is 9.44. The SMILES string of the molecule is CCOC(=O)c1nnsc1NC(=O)C1CCN(S(=O)(=O)c2ccc(OCC)cc2)CC1. The van der Waals surface area contributed by atoms with Gasteiger partial charge in [0.05, 0.1) is 18.1 Å². The molecule has 0 bridgehead atoms. The van der Waals surface area contributed by atoms with E-state index in [0.29, 0.717) is 25.2 Å². The van der Waals surface area contributed by atoms with Gasteiger partial charge >= 0.3 is 5.97 Å². The number of aromatic nitrogens is 2. The highest BCUT2D eigenvalue weighted by atomic mass is 32.2. The first-order valence-electron chi connectivity index (χ1n) is 9.90. The van der Waals surface area contributed by atoms with Gasteiger partial charge in [-0.3, -0.25) is 4.79 Å². The number of carbonyl (C=O) groups is 2. The van der Waals surface area contributed by atoms with Crippen molar-refractivity contribution in [3.8, 4) is 5.75 Å². The molecule has 2 aromatic rings. The number of amides is 1. The van der Waals surface area contributed by atoms with Crippen molar-refractivity contribution < 1.29 is 27.5 Å². The largest absolute Gasteiger partial charge is 0.494 e. The molecule has 1 aromatic heterocycles. The van der Waals surface area contributed by atoms with E-state index in [0.717, 1.165) is 11.5 Å². The number of nitrogens with one attached hydrogen (secondary N) is 1. The van der Waals surface area contributed by atoms with Crippen LogP contribution in [-0.4, -0.2) is 60.5 Å². The zero-order chi connectivity index (χ0) is 22.4. The predicted octanol–water partition coefficient (Wildman–Crippen LogP) is 2.15. The molecular formula is C19H24N4O6S2. The van der Waals surface area contributed by atoms with Crippen LogP contribution in [0.25, 0.3) is 0 Å². The molecule has 0 atom stereocenters. The molecule has 3 rings (SSSR count). The Morgan fingerprint density at radius 3 is 2.45 bits per heavy atom. The molecule has 12 heteroatoms. The van der Waals surface area contributed by atoms with Gasteiger partial charge in [0.2, 0.25) is 21.6 Å². The molecule has 1 fully saturated rings. The van der Waals surface area contributed by atoms with Crippen molar-refractivity contribution in [1.82, 2.24) is 13.9 Å². The van der Waals surface area contributed by atoms with Crippen molar-refractivity contribution in [2.24, 2.45) is 5.92 Å². The highest BCUT2D eigenvalue weighted by Crippen LogP contribution is 2.27. The minimum atomic E-state index is -3.65. The van der Waals surface area contributed by atoms with Crippen LogP contribution in [0.1, 0.15) is 37.2 Å². The van der Waals surface area contributed by atoms with E-state index >= 15 is 0 Å². The van der Waals surface area contributed by atoms with E-state index in [-0.39, 0.29) is 47.1 Å². The number of carbonyl (C=O) groups excluding carboxylic acids is 2. The highest BCUT2D eigenvalue weighted by molar-refractivity contribution is 7.89. The van der Waals surface area contributed by atoms with Crippen LogP contribution in [0.3, 0.4) is 0 Å². The normalized spacial score (nSPS) is 15.4. The van der Waals surface area contributed by atoms with Crippen molar-refractivity contribution in [3.05, 3.63) is 30.0 Å². The lowest BCUT2D eigenvalue weighted by atomic mass is 9.97. The first kappa shape index (κ1) is 23.1. The Bertz CT molecular complexity index is 1010. The molecule has 31 heavy (non-hydrogen) atoms. The van der Waals surface area contributed by atoms with Gasteiger partial charge in [-0.2, -0.15) is 4.31 Å². The van der Waals surface area contributed by atoms with Gasteiger partial charge in [0.25, 0.3) is 0 Å². The number of esters is 1. The molecule has 0 unspecified atom stereocenters. The topological polar surface area (TPSA) is 128 Å². The third kappa shape index (κ3) is 5.38. The van der Waals surface area contributed by atoms with Crippen LogP contribution in [0.5, 0.6) is 5.75 Å². The van der Waals surface area contributed by atoms with E-state index in [1.54, 1.807) is 19.1 Å². The average Bonchev–Trinajstić information content (AvgIpc) is 3.23. The summed E-state index contributed by atoms with van der Waals surface area (Å²) in [4.78, 5) is 24.7. The van der Waals surface area contributed by atoms with Crippen molar-refractivity contribution in [1.29, 1.82) is 0 Å². The van der Waals surface area contributed by atoms with Crippen LogP contribution in [-0.2, 0) is 19.6 Å². The van der Waals surface area contributed by atoms with Gasteiger partial charge in [-0.1, -0.05) is 4.49 Å². The standard InChI is InChI=1S/C19H24N4O6S2/c1-3-28-14-5-7-15(8-6-14)31(26,27)23-11-9-13(10-12-23)17(24)20-18-16(21-22-30-18)19(25)29-4-2/h5-8,13H,3-4,9-12H2,1-2H3,(H,20,24). The number of nitrogens with zero attached hydrogens (tertiary/aromatic N) is 3. The summed E-state index contributed by atoms with van der Waals surface area (Å²) in [7, 11) is -3.65. The molecule has 1 aliphatic heterocycles. The molecule has 0 spiro atoms. The van der Waals surface area contributed by atoms with Gasteiger partial charge in [-0.05, 0) is 51.0 Å². The van der Waals surface area contributed by atoms with Crippen LogP contribution in [0.2, 0.25) is 0 Å². The lowest BCUT2D eigenvalue weighted by Crippen LogP contribution is -2.41. The van der Waals surface area contributed by atoms with E-state index in [9.17, 15) is 18.0 Å². The summed E-state index contributed by atoms with van der Waals surface area (Å²) < 4.78 is 41.1. The fraction of sp³-hybridized carbons (Fsp3) is 0.474. The van der Waals surface area contributed by atoms with E-state index in [1.807, 2.05) is 6.92 Å². The monoisotopic (exact) mass is 468 g/mol. The second kappa shape index (κ2) is 10.2. The summed E-state index contributed by atoms with van der Waals surface area (Å²) in [5.74, 6) is -0.724. The molecule has 0 saturated carbocycles. The predicted molar refractivity (Wildman–Crippen MR) is 114 cm³/mol. The number of benzene rings is 1. The zero-order valence-electron chi connectivity index (χ0n) is 17.2. The summed E-state index contributed by atoms with van der Waals surface area (Å²) in [6, 6.07) is 6.29. The Labute approximate surface area is 184 Å². The van der Waals surface area contributed by atoms with Gasteiger partial charge in [0.15, 0.2) is 5.00 Å². The summed E-state index contributed by atoms with van der Waals surface area (Å²) in [5.41, 5.74) is -0.0317. The molecule has 1 saturated heterocycles. The summed E-state index contributed by atoms with van der Waals surface area (Å²) in [6.07, 6.45) is 0.728. The summed E-state index contributed by atoms with van der Waals surface area (Å²) >= 11 is 0.892. The van der Waals surface area contributed by atoms with E-state index in [2.05, 4.69) is 14.9 Å². The van der Waals surface area contributed by atoms with Crippen LogP contribution in [0.4, 0.5) is 5.00 Å². The van der Waals surface area contributed by atoms with Crippen LogP contribution >= 0.6 is 11.5 Å². The minimum Gasteiger partial charge on any atom is -0.494 e. The lowest BCUT2D eigenvalue weighted by Gasteiger charge is -2.30. The lowest BCUT2D eigenvalue weighted by molar-refractivity contribution is -0.120. The summed E-state index contributed by atoms with van der Waals surface area (Å²) in [6.45, 7) is 4.66. The van der Waals surface area contributed by atoms with Gasteiger partial charge in [0.1, 0.15) is 5.75 Å². The quantitative estimate of drug-likeness (QED) is 0.584. The fourth-order valence-electron chi connectivity index (χ4n) is 3.20. The van der Waals surface area contributed by atoms with E-state index < -0.39 is 16.0 Å². The molecule has 0 aliphatic carbocycles. The number of hydrogen-bond donors (Lipinski definition) is 1. The van der Waals surface area contributed by atoms with E-state index in [1.165, 1.54) is 16.4 Å². The van der Waals surface area contributed by atoms with Crippen molar-refractivity contribution in [2.45, 2.75) is 31.6 Å². The number of piperidine rings is 1. The Morgan fingerprint density at radius 2 is 1.84 bits per heavy atom. The third-order valence-corrected chi connectivity index (χ3v) is 7.34. The Morgan fingerprint density at radius 1 is 1.16 bits per heavy atom. The van der Waals surface area contributed by atoms with Gasteiger partial charge in [-0.15, -0.1) is 5.10 Å². The molecular weight excluding hydrogens is 444 g/mol. The first-order chi connectivity index (χ1) is 14.9.